The summed E-state index contributed by atoms with van der Waals surface area (Å²) >= 11 is 0. The molecule has 3 atom stereocenters. The molecule has 1 fully saturated rings. The molecule has 0 aliphatic carbocycles. The predicted octanol–water partition coefficient (Wildman–Crippen LogP) is 1.41. The second-order valence-electron chi connectivity index (χ2n) is 3.61. The van der Waals surface area contributed by atoms with E-state index in [4.69, 9.17) is 14.7 Å². The number of carboxylic acids is 1. The average molecular weight is 223 g/mol. The molecule has 3 unspecified atom stereocenters. The normalized spacial score (nSPS) is 24.9. The van der Waals surface area contributed by atoms with E-state index in [1.807, 2.05) is 31.2 Å². The minimum Gasteiger partial charge on any atom is -0.497 e. The summed E-state index contributed by atoms with van der Waals surface area (Å²) in [6.45, 7) is 1.89. The highest BCUT2D eigenvalue weighted by Gasteiger charge is 2.46. The van der Waals surface area contributed by atoms with E-state index in [1.165, 1.54) is 5.06 Å². The lowest BCUT2D eigenvalue weighted by Crippen LogP contribution is -2.14. The van der Waals surface area contributed by atoms with Crippen LogP contribution >= 0.6 is 0 Å². The van der Waals surface area contributed by atoms with Crippen LogP contribution in [0.4, 0.5) is 0 Å². The molecular formula is C11H13NO4. The third-order valence-electron chi connectivity index (χ3n) is 2.60. The summed E-state index contributed by atoms with van der Waals surface area (Å²) in [7, 11) is 1.60. The zero-order valence-corrected chi connectivity index (χ0v) is 9.08. The number of rotatable bonds is 4. The molecule has 0 aromatic heterocycles. The van der Waals surface area contributed by atoms with Gasteiger partial charge in [0, 0.05) is 0 Å². The second kappa shape index (κ2) is 4.11. The minimum atomic E-state index is -0.958. The van der Waals surface area contributed by atoms with Gasteiger partial charge < -0.3 is 9.84 Å². The van der Waals surface area contributed by atoms with Crippen molar-refractivity contribution in [1.82, 2.24) is 5.06 Å². The third-order valence-corrected chi connectivity index (χ3v) is 2.60. The first-order chi connectivity index (χ1) is 7.63. The fraction of sp³-hybridized carbons (Fsp3) is 0.364. The number of ether oxygens (including phenoxy) is 1. The van der Waals surface area contributed by atoms with Crippen LogP contribution in [0.2, 0.25) is 0 Å². The van der Waals surface area contributed by atoms with Gasteiger partial charge in [0.05, 0.1) is 13.2 Å². The maximum Gasteiger partial charge on any atom is 0.352 e. The lowest BCUT2D eigenvalue weighted by atomic mass is 10.1. The Morgan fingerprint density at radius 2 is 2.12 bits per heavy atom. The van der Waals surface area contributed by atoms with Gasteiger partial charge in [-0.15, -0.1) is 5.06 Å². The van der Waals surface area contributed by atoms with E-state index in [-0.39, 0.29) is 6.04 Å². The van der Waals surface area contributed by atoms with Crippen LogP contribution in [0.5, 0.6) is 5.75 Å². The van der Waals surface area contributed by atoms with Crippen LogP contribution in [0.25, 0.3) is 0 Å². The molecule has 5 nitrogen and oxygen atoms in total. The van der Waals surface area contributed by atoms with Crippen molar-refractivity contribution in [2.45, 2.75) is 19.2 Å². The summed E-state index contributed by atoms with van der Waals surface area (Å²) in [5, 5.41) is 10.2. The van der Waals surface area contributed by atoms with Gasteiger partial charge in [-0.1, -0.05) is 12.1 Å². The number of hydrogen-bond acceptors (Lipinski definition) is 4. The van der Waals surface area contributed by atoms with E-state index < -0.39 is 12.2 Å². The van der Waals surface area contributed by atoms with Crippen LogP contribution in [0.15, 0.2) is 24.3 Å². The number of benzene rings is 1. The molecule has 0 saturated carbocycles. The highest BCUT2D eigenvalue weighted by Crippen LogP contribution is 2.33. The number of hydrogen-bond donors (Lipinski definition) is 1. The molecule has 5 heteroatoms. The Labute approximate surface area is 93.1 Å². The maximum absolute atomic E-state index is 10.6. The highest BCUT2D eigenvalue weighted by molar-refractivity contribution is 5.73. The van der Waals surface area contributed by atoms with Crippen LogP contribution < -0.4 is 4.74 Å². The maximum atomic E-state index is 10.6. The summed E-state index contributed by atoms with van der Waals surface area (Å²) in [5.74, 6) is -0.183. The van der Waals surface area contributed by atoms with Gasteiger partial charge >= 0.3 is 5.97 Å². The van der Waals surface area contributed by atoms with Crippen LogP contribution in [-0.4, -0.2) is 29.5 Å². The Bertz CT molecular complexity index is 389. The second-order valence-corrected chi connectivity index (χ2v) is 3.61. The molecule has 1 aliphatic heterocycles. The summed E-state index contributed by atoms with van der Waals surface area (Å²) in [6.07, 6.45) is -0.808. The summed E-state index contributed by atoms with van der Waals surface area (Å²) in [4.78, 5) is 15.6. The monoisotopic (exact) mass is 223 g/mol. The average Bonchev–Trinajstić information content (AvgIpc) is 3.08. The smallest absolute Gasteiger partial charge is 0.352 e. The Morgan fingerprint density at radius 3 is 2.56 bits per heavy atom. The largest absolute Gasteiger partial charge is 0.497 e. The number of carboxylic acid groups (broad SMARTS) is 1. The Hall–Kier alpha value is -1.59. The SMILES string of the molecule is COc1ccc(C(C)N2OC2C(=O)O)cc1. The molecule has 0 amide bonds. The Morgan fingerprint density at radius 1 is 1.50 bits per heavy atom. The molecule has 0 bridgehead atoms. The van der Waals surface area contributed by atoms with Gasteiger partial charge in [-0.2, -0.15) is 0 Å². The van der Waals surface area contributed by atoms with Crippen LogP contribution in [0, 0.1) is 0 Å². The molecule has 1 aromatic carbocycles. The Balaban J connectivity index is 2.04. The van der Waals surface area contributed by atoms with E-state index in [0.29, 0.717) is 0 Å². The van der Waals surface area contributed by atoms with Gasteiger partial charge in [0.1, 0.15) is 5.75 Å². The molecule has 86 valence electrons. The van der Waals surface area contributed by atoms with Crippen molar-refractivity contribution in [2.75, 3.05) is 7.11 Å². The fourth-order valence-corrected chi connectivity index (χ4v) is 1.57. The standard InChI is InChI=1S/C11H13NO4/c1-7(12-10(16-12)11(13)14)8-3-5-9(15-2)6-4-8/h3-7,10H,1-2H3,(H,13,14). The highest BCUT2D eigenvalue weighted by atomic mass is 16.8. The van der Waals surface area contributed by atoms with E-state index in [2.05, 4.69) is 0 Å². The molecule has 1 aromatic rings. The van der Waals surface area contributed by atoms with E-state index in [0.717, 1.165) is 11.3 Å². The first kappa shape index (κ1) is 10.9. The summed E-state index contributed by atoms with van der Waals surface area (Å²) in [5.41, 5.74) is 0.990. The van der Waals surface area contributed by atoms with Crippen LogP contribution in [0.1, 0.15) is 18.5 Å². The minimum absolute atomic E-state index is 0.0768. The molecule has 1 aliphatic rings. The van der Waals surface area contributed by atoms with Crippen molar-refractivity contribution in [3.8, 4) is 5.75 Å². The van der Waals surface area contributed by atoms with Crippen LogP contribution in [0.3, 0.4) is 0 Å². The number of carbonyl (C=O) groups is 1. The molecular weight excluding hydrogens is 210 g/mol. The van der Waals surface area contributed by atoms with Crippen LogP contribution in [-0.2, 0) is 9.63 Å². The van der Waals surface area contributed by atoms with Crippen molar-refractivity contribution in [2.24, 2.45) is 0 Å². The predicted molar refractivity (Wildman–Crippen MR) is 55.8 cm³/mol. The first-order valence-corrected chi connectivity index (χ1v) is 4.95. The number of nitrogens with zero attached hydrogens (tertiary/aromatic N) is 1. The van der Waals surface area contributed by atoms with E-state index >= 15 is 0 Å². The van der Waals surface area contributed by atoms with Gasteiger partial charge in [0.25, 0.3) is 6.23 Å². The molecule has 16 heavy (non-hydrogen) atoms. The zero-order chi connectivity index (χ0) is 11.7. The first-order valence-electron chi connectivity index (χ1n) is 4.95. The quantitative estimate of drug-likeness (QED) is 0.782. The lowest BCUT2D eigenvalue weighted by molar-refractivity contribution is -0.138. The Kier molecular flexibility index (Phi) is 2.80. The molecule has 2 rings (SSSR count). The molecule has 0 spiro atoms. The zero-order valence-electron chi connectivity index (χ0n) is 9.08. The van der Waals surface area contributed by atoms with Crippen molar-refractivity contribution in [3.05, 3.63) is 29.8 Å². The molecule has 1 N–H and O–H groups in total. The van der Waals surface area contributed by atoms with Gasteiger partial charge in [-0.25, -0.2) is 4.79 Å². The van der Waals surface area contributed by atoms with E-state index in [1.54, 1.807) is 7.11 Å². The number of aliphatic carboxylic acids is 1. The van der Waals surface area contributed by atoms with Crippen molar-refractivity contribution >= 4 is 5.97 Å². The lowest BCUT2D eigenvalue weighted by Gasteiger charge is -2.10. The van der Waals surface area contributed by atoms with Gasteiger partial charge in [-0.05, 0) is 24.6 Å². The summed E-state index contributed by atoms with van der Waals surface area (Å²) in [6, 6.07) is 7.39. The third kappa shape index (κ3) is 2.00. The number of methoxy groups -OCH3 is 1. The molecule has 0 radical (unpaired) electrons. The molecule has 1 saturated heterocycles. The van der Waals surface area contributed by atoms with E-state index in [9.17, 15) is 4.79 Å². The summed E-state index contributed by atoms with van der Waals surface area (Å²) < 4.78 is 5.05. The van der Waals surface area contributed by atoms with Gasteiger partial charge in [0.15, 0.2) is 0 Å². The number of hydroxylamine groups is 2. The molecule has 1 heterocycles. The van der Waals surface area contributed by atoms with Crippen molar-refractivity contribution in [3.63, 3.8) is 0 Å². The van der Waals surface area contributed by atoms with Crippen molar-refractivity contribution < 1.29 is 19.5 Å². The van der Waals surface area contributed by atoms with Gasteiger partial charge in [0.2, 0.25) is 0 Å². The fourth-order valence-electron chi connectivity index (χ4n) is 1.57. The van der Waals surface area contributed by atoms with Gasteiger partial charge in [-0.3, -0.25) is 4.84 Å². The topological polar surface area (TPSA) is 62.1 Å². The van der Waals surface area contributed by atoms with Crippen molar-refractivity contribution in [1.29, 1.82) is 0 Å².